The summed E-state index contributed by atoms with van der Waals surface area (Å²) in [6, 6.07) is 6.73. The van der Waals surface area contributed by atoms with Crippen LogP contribution in [-0.2, 0) is 0 Å². The second-order valence-electron chi connectivity index (χ2n) is 4.25. The Kier molecular flexibility index (Phi) is 3.96. The number of nitrogens with zero attached hydrogens (tertiary/aromatic N) is 1. The van der Waals surface area contributed by atoms with Crippen LogP contribution in [0.4, 0.5) is 5.88 Å². The van der Waals surface area contributed by atoms with Gasteiger partial charge in [-0.05, 0) is 42.7 Å². The second kappa shape index (κ2) is 5.35. The van der Waals surface area contributed by atoms with Gasteiger partial charge in [-0.3, -0.25) is 10.1 Å². The first-order chi connectivity index (χ1) is 8.90. The Morgan fingerprint density at radius 3 is 2.53 bits per heavy atom. The SMILES string of the molecule is Cc1cc(Cl)c(C(Br)c2ccc([N+](=O)[O-])o2)cc1C. The van der Waals surface area contributed by atoms with Crippen LogP contribution >= 0.6 is 27.5 Å². The van der Waals surface area contributed by atoms with E-state index in [9.17, 15) is 10.1 Å². The summed E-state index contributed by atoms with van der Waals surface area (Å²) < 4.78 is 5.18. The molecule has 0 fully saturated rings. The van der Waals surface area contributed by atoms with Gasteiger partial charge in [0.05, 0.1) is 10.9 Å². The highest BCUT2D eigenvalue weighted by Crippen LogP contribution is 2.38. The molecule has 1 atom stereocenters. The molecule has 0 N–H and O–H groups in total. The van der Waals surface area contributed by atoms with Crippen LogP contribution in [0.1, 0.15) is 27.3 Å². The molecule has 1 heterocycles. The first-order valence-electron chi connectivity index (χ1n) is 5.55. The van der Waals surface area contributed by atoms with Crippen LogP contribution in [0.3, 0.4) is 0 Å². The van der Waals surface area contributed by atoms with Crippen molar-refractivity contribution in [3.05, 3.63) is 61.9 Å². The van der Waals surface area contributed by atoms with Crippen LogP contribution in [0.25, 0.3) is 0 Å². The quantitative estimate of drug-likeness (QED) is 0.450. The lowest BCUT2D eigenvalue weighted by molar-refractivity contribution is -0.402. The van der Waals surface area contributed by atoms with Crippen molar-refractivity contribution in [2.75, 3.05) is 0 Å². The van der Waals surface area contributed by atoms with Gasteiger partial charge in [0.25, 0.3) is 0 Å². The van der Waals surface area contributed by atoms with Crippen LogP contribution in [0.2, 0.25) is 5.02 Å². The fourth-order valence-electron chi connectivity index (χ4n) is 1.73. The zero-order chi connectivity index (χ0) is 14.2. The molecule has 0 radical (unpaired) electrons. The average molecular weight is 345 g/mol. The fraction of sp³-hybridized carbons (Fsp3) is 0.231. The van der Waals surface area contributed by atoms with Gasteiger partial charge in [0.2, 0.25) is 0 Å². The number of halogens is 2. The summed E-state index contributed by atoms with van der Waals surface area (Å²) >= 11 is 9.68. The van der Waals surface area contributed by atoms with Gasteiger partial charge in [0, 0.05) is 5.02 Å². The molecular formula is C13H11BrClNO3. The van der Waals surface area contributed by atoms with Crippen molar-refractivity contribution in [3.8, 4) is 0 Å². The molecule has 1 aromatic heterocycles. The Bertz CT molecular complexity index is 639. The van der Waals surface area contributed by atoms with E-state index in [0.717, 1.165) is 16.7 Å². The summed E-state index contributed by atoms with van der Waals surface area (Å²) in [6.07, 6.45) is 0. The minimum absolute atomic E-state index is 0.278. The lowest BCUT2D eigenvalue weighted by Gasteiger charge is -2.12. The highest BCUT2D eigenvalue weighted by molar-refractivity contribution is 9.09. The zero-order valence-corrected chi connectivity index (χ0v) is 12.7. The maximum Gasteiger partial charge on any atom is 0.433 e. The third-order valence-electron chi connectivity index (χ3n) is 2.93. The maximum atomic E-state index is 10.6. The standard InChI is InChI=1S/C13H11BrClNO3/c1-7-5-9(10(15)6-8(7)2)13(14)11-3-4-12(19-11)16(17)18/h3-6,13H,1-2H3. The normalized spacial score (nSPS) is 12.4. The summed E-state index contributed by atoms with van der Waals surface area (Å²) in [6.45, 7) is 3.96. The molecule has 1 aromatic carbocycles. The van der Waals surface area contributed by atoms with Gasteiger partial charge in [-0.15, -0.1) is 0 Å². The van der Waals surface area contributed by atoms with E-state index >= 15 is 0 Å². The fourth-order valence-corrected chi connectivity index (χ4v) is 2.81. The molecule has 0 saturated carbocycles. The molecule has 2 rings (SSSR count). The van der Waals surface area contributed by atoms with E-state index in [1.165, 1.54) is 6.07 Å². The van der Waals surface area contributed by atoms with Crippen LogP contribution in [0, 0.1) is 24.0 Å². The minimum atomic E-state index is -0.564. The number of hydrogen-bond donors (Lipinski definition) is 0. The molecule has 19 heavy (non-hydrogen) atoms. The molecule has 6 heteroatoms. The Morgan fingerprint density at radius 2 is 1.95 bits per heavy atom. The first kappa shape index (κ1) is 14.1. The number of benzene rings is 1. The highest BCUT2D eigenvalue weighted by Gasteiger charge is 2.21. The molecule has 4 nitrogen and oxygen atoms in total. The summed E-state index contributed by atoms with van der Waals surface area (Å²) in [5, 5.41) is 11.2. The largest absolute Gasteiger partial charge is 0.433 e. The molecule has 0 spiro atoms. The molecule has 2 aromatic rings. The molecule has 0 aliphatic carbocycles. The van der Waals surface area contributed by atoms with Gasteiger partial charge in [0.15, 0.2) is 0 Å². The Balaban J connectivity index is 2.40. The third kappa shape index (κ3) is 2.82. The van der Waals surface area contributed by atoms with Gasteiger partial charge in [-0.25, -0.2) is 0 Å². The zero-order valence-electron chi connectivity index (χ0n) is 10.3. The predicted octanol–water partition coefficient (Wildman–Crippen LogP) is 4.94. The van der Waals surface area contributed by atoms with Crippen molar-refractivity contribution in [1.82, 2.24) is 0 Å². The number of alkyl halides is 1. The van der Waals surface area contributed by atoms with Crippen molar-refractivity contribution >= 4 is 33.4 Å². The highest BCUT2D eigenvalue weighted by atomic mass is 79.9. The number of hydrogen-bond acceptors (Lipinski definition) is 3. The van der Waals surface area contributed by atoms with E-state index in [1.54, 1.807) is 6.07 Å². The Labute approximate surface area is 123 Å². The van der Waals surface area contributed by atoms with Gasteiger partial charge < -0.3 is 4.42 Å². The van der Waals surface area contributed by atoms with Crippen molar-refractivity contribution in [3.63, 3.8) is 0 Å². The van der Waals surface area contributed by atoms with E-state index in [0.29, 0.717) is 10.8 Å². The van der Waals surface area contributed by atoms with Gasteiger partial charge in [-0.2, -0.15) is 0 Å². The Morgan fingerprint density at radius 1 is 1.32 bits per heavy atom. The van der Waals surface area contributed by atoms with Crippen LogP contribution < -0.4 is 0 Å². The molecule has 0 aliphatic heterocycles. The number of nitro groups is 1. The van der Waals surface area contributed by atoms with Crippen LogP contribution in [0.15, 0.2) is 28.7 Å². The van der Waals surface area contributed by atoms with Crippen molar-refractivity contribution in [2.45, 2.75) is 18.7 Å². The minimum Gasteiger partial charge on any atom is -0.404 e. The van der Waals surface area contributed by atoms with Crippen molar-refractivity contribution in [2.24, 2.45) is 0 Å². The third-order valence-corrected chi connectivity index (χ3v) is 4.20. The molecule has 0 bridgehead atoms. The number of furan rings is 1. The lowest BCUT2D eigenvalue weighted by Crippen LogP contribution is -1.95. The van der Waals surface area contributed by atoms with Crippen molar-refractivity contribution in [1.29, 1.82) is 0 Å². The molecule has 100 valence electrons. The van der Waals surface area contributed by atoms with Crippen LogP contribution in [-0.4, -0.2) is 4.92 Å². The lowest BCUT2D eigenvalue weighted by atomic mass is 10.0. The summed E-state index contributed by atoms with van der Waals surface area (Å²) in [5.41, 5.74) is 3.03. The predicted molar refractivity (Wildman–Crippen MR) is 77.1 cm³/mol. The second-order valence-corrected chi connectivity index (χ2v) is 5.58. The van der Waals surface area contributed by atoms with E-state index < -0.39 is 4.92 Å². The van der Waals surface area contributed by atoms with Crippen LogP contribution in [0.5, 0.6) is 0 Å². The average Bonchev–Trinajstić information content (AvgIpc) is 2.82. The van der Waals surface area contributed by atoms with Gasteiger partial charge in [0.1, 0.15) is 10.7 Å². The smallest absolute Gasteiger partial charge is 0.404 e. The molecule has 0 saturated heterocycles. The summed E-state index contributed by atoms with van der Waals surface area (Å²) in [4.78, 5) is 9.73. The molecule has 0 amide bonds. The first-order valence-corrected chi connectivity index (χ1v) is 6.84. The molecule has 1 unspecified atom stereocenters. The number of rotatable bonds is 3. The van der Waals surface area contributed by atoms with E-state index in [2.05, 4.69) is 15.9 Å². The Hall–Kier alpha value is -1.33. The monoisotopic (exact) mass is 343 g/mol. The number of aryl methyl sites for hydroxylation is 2. The summed E-state index contributed by atoms with van der Waals surface area (Å²) in [5.74, 6) is 0.177. The van der Waals surface area contributed by atoms with Gasteiger partial charge >= 0.3 is 5.88 Å². The molecular weight excluding hydrogens is 334 g/mol. The van der Waals surface area contributed by atoms with E-state index in [4.69, 9.17) is 16.0 Å². The van der Waals surface area contributed by atoms with Crippen molar-refractivity contribution < 1.29 is 9.34 Å². The van der Waals surface area contributed by atoms with Gasteiger partial charge in [-0.1, -0.05) is 33.6 Å². The molecule has 0 aliphatic rings. The van der Waals surface area contributed by atoms with E-state index in [-0.39, 0.29) is 10.7 Å². The van der Waals surface area contributed by atoms with E-state index in [1.807, 2.05) is 26.0 Å². The maximum absolute atomic E-state index is 10.6. The topological polar surface area (TPSA) is 56.3 Å². The summed E-state index contributed by atoms with van der Waals surface area (Å²) in [7, 11) is 0.